The number of phenols is 1. The van der Waals surface area contributed by atoms with Gasteiger partial charge < -0.3 is 10.4 Å². The number of phenolic OH excluding ortho intramolecular Hbond substituents is 1. The van der Waals surface area contributed by atoms with Crippen LogP contribution in [0.2, 0.25) is 5.02 Å². The van der Waals surface area contributed by atoms with E-state index in [1.54, 1.807) is 6.20 Å². The number of hydrogen-bond donors (Lipinski definition) is 2. The molecular formula is C29H30ClFN4O2. The molecule has 6 nitrogen and oxygen atoms in total. The number of halogens is 2. The topological polar surface area (TPSA) is 89.3 Å². The highest BCUT2D eigenvalue weighted by molar-refractivity contribution is 6.32. The second-order valence-corrected chi connectivity index (χ2v) is 10.8. The number of pyridine rings is 1. The van der Waals surface area contributed by atoms with Gasteiger partial charge in [0.1, 0.15) is 0 Å². The largest absolute Gasteiger partial charge is 0.504 e. The number of nitrogens with one attached hydrogen (secondary N) is 1. The third-order valence-electron chi connectivity index (χ3n) is 7.54. The normalized spacial score (nSPS) is 19.6. The van der Waals surface area contributed by atoms with E-state index in [9.17, 15) is 14.3 Å². The molecule has 0 unspecified atom stereocenters. The van der Waals surface area contributed by atoms with Crippen LogP contribution in [0.4, 0.5) is 10.1 Å². The van der Waals surface area contributed by atoms with Crippen molar-refractivity contribution in [2.24, 2.45) is 11.8 Å². The Bertz CT molecular complexity index is 1350. The number of anilines is 1. The van der Waals surface area contributed by atoms with E-state index in [1.807, 2.05) is 25.2 Å². The number of aromatic nitrogens is 1. The number of aromatic hydroxyl groups is 1. The highest BCUT2D eigenvalue weighted by Gasteiger charge is 2.33. The second kappa shape index (κ2) is 10.6. The fourth-order valence-corrected chi connectivity index (χ4v) is 5.54. The number of nitriles is 1. The highest BCUT2D eigenvalue weighted by Crippen LogP contribution is 2.40. The first kappa shape index (κ1) is 25.4. The summed E-state index contributed by atoms with van der Waals surface area (Å²) in [5.74, 6) is -0.623. The standard InChI is InChI=1S/C29H30ClFN4O2/c1-35(11-10-32)16-17-2-7-21(8-3-17)34-27-22-12-19(20-13-24(30)29(37)25(31)14-20)6-9-26(22)33-15-23(27)28(36)18-4-5-18/h6,9,12-15,17-18,21,37H,2-5,7-8,11,16H2,1H3,(H,33,34)/t17-,21-. The van der Waals surface area contributed by atoms with E-state index in [1.165, 1.54) is 12.1 Å². The van der Waals surface area contributed by atoms with Crippen LogP contribution in [0.15, 0.2) is 36.5 Å². The van der Waals surface area contributed by atoms with Gasteiger partial charge in [0.2, 0.25) is 0 Å². The van der Waals surface area contributed by atoms with Crippen LogP contribution in [-0.2, 0) is 0 Å². The lowest BCUT2D eigenvalue weighted by Gasteiger charge is -2.32. The summed E-state index contributed by atoms with van der Waals surface area (Å²) in [7, 11) is 1.98. The van der Waals surface area contributed by atoms with Crippen molar-refractivity contribution in [3.8, 4) is 22.9 Å². The van der Waals surface area contributed by atoms with Gasteiger partial charge in [-0.1, -0.05) is 17.7 Å². The Kier molecular flexibility index (Phi) is 7.32. The molecule has 37 heavy (non-hydrogen) atoms. The van der Waals surface area contributed by atoms with Gasteiger partial charge >= 0.3 is 0 Å². The zero-order valence-corrected chi connectivity index (χ0v) is 21.6. The van der Waals surface area contributed by atoms with Gasteiger partial charge in [-0.15, -0.1) is 0 Å². The van der Waals surface area contributed by atoms with Crippen LogP contribution in [0.25, 0.3) is 22.0 Å². The highest BCUT2D eigenvalue weighted by atomic mass is 35.5. The molecule has 0 spiro atoms. The van der Waals surface area contributed by atoms with Crippen molar-refractivity contribution in [2.45, 2.75) is 44.6 Å². The van der Waals surface area contributed by atoms with Crippen molar-refractivity contribution < 1.29 is 14.3 Å². The first-order valence-corrected chi connectivity index (χ1v) is 13.2. The summed E-state index contributed by atoms with van der Waals surface area (Å²) in [6, 6.07) is 10.8. The molecule has 2 aromatic carbocycles. The van der Waals surface area contributed by atoms with Gasteiger partial charge in [-0.05, 0) is 86.9 Å². The molecule has 3 aromatic rings. The lowest BCUT2D eigenvalue weighted by atomic mass is 9.85. The van der Waals surface area contributed by atoms with Crippen LogP contribution in [0, 0.1) is 29.0 Å². The van der Waals surface area contributed by atoms with Gasteiger partial charge in [0.05, 0.1) is 34.4 Å². The van der Waals surface area contributed by atoms with Gasteiger partial charge in [0, 0.05) is 30.1 Å². The summed E-state index contributed by atoms with van der Waals surface area (Å²) in [6.45, 7) is 1.35. The van der Waals surface area contributed by atoms with E-state index in [2.05, 4.69) is 21.3 Å². The third-order valence-corrected chi connectivity index (χ3v) is 7.83. The fraction of sp³-hybridized carbons (Fsp3) is 0.414. The molecule has 2 aliphatic rings. The molecule has 0 saturated heterocycles. The minimum atomic E-state index is -0.783. The minimum Gasteiger partial charge on any atom is -0.504 e. The average molecular weight is 521 g/mol. The van der Waals surface area contributed by atoms with Gasteiger partial charge in [0.15, 0.2) is 17.3 Å². The second-order valence-electron chi connectivity index (χ2n) is 10.4. The third kappa shape index (κ3) is 5.56. The zero-order chi connectivity index (χ0) is 26.1. The number of carbonyl (C=O) groups excluding carboxylic acids is 1. The average Bonchev–Trinajstić information content (AvgIpc) is 3.73. The molecule has 0 amide bonds. The number of rotatable bonds is 8. The summed E-state index contributed by atoms with van der Waals surface area (Å²) >= 11 is 6.04. The number of fused-ring (bicyclic) bond motifs is 1. The Labute approximate surface area is 221 Å². The molecule has 2 N–H and O–H groups in total. The molecule has 2 fully saturated rings. The first-order chi connectivity index (χ1) is 17.8. The Balaban J connectivity index is 1.47. The molecule has 8 heteroatoms. The van der Waals surface area contributed by atoms with Crippen molar-refractivity contribution in [1.82, 2.24) is 9.88 Å². The van der Waals surface area contributed by atoms with Crippen LogP contribution in [0.3, 0.4) is 0 Å². The maximum absolute atomic E-state index is 14.2. The van der Waals surface area contributed by atoms with Crippen LogP contribution in [0.1, 0.15) is 48.9 Å². The lowest BCUT2D eigenvalue weighted by molar-refractivity contribution is 0.0968. The smallest absolute Gasteiger partial charge is 0.170 e. The summed E-state index contributed by atoms with van der Waals surface area (Å²) in [5.41, 5.74) is 3.40. The van der Waals surface area contributed by atoms with E-state index in [-0.39, 0.29) is 22.8 Å². The quantitative estimate of drug-likeness (QED) is 0.263. The van der Waals surface area contributed by atoms with E-state index in [0.717, 1.165) is 67.2 Å². The van der Waals surface area contributed by atoms with E-state index in [0.29, 0.717) is 23.6 Å². The van der Waals surface area contributed by atoms with E-state index in [4.69, 9.17) is 16.9 Å². The molecule has 0 atom stereocenters. The number of ketones is 1. The first-order valence-electron chi connectivity index (χ1n) is 12.8. The summed E-state index contributed by atoms with van der Waals surface area (Å²) in [6.07, 6.45) is 7.56. The molecule has 2 aliphatic carbocycles. The number of benzene rings is 2. The Morgan fingerprint density at radius 1 is 1.19 bits per heavy atom. The summed E-state index contributed by atoms with van der Waals surface area (Å²) in [4.78, 5) is 19.9. The minimum absolute atomic E-state index is 0.0543. The molecule has 192 valence electrons. The monoisotopic (exact) mass is 520 g/mol. The molecule has 5 rings (SSSR count). The molecule has 1 aromatic heterocycles. The Hall–Kier alpha value is -3.21. The van der Waals surface area contributed by atoms with Gasteiger partial charge in [0.25, 0.3) is 0 Å². The maximum Gasteiger partial charge on any atom is 0.170 e. The van der Waals surface area contributed by atoms with Gasteiger partial charge in [-0.2, -0.15) is 5.26 Å². The summed E-state index contributed by atoms with van der Waals surface area (Å²) in [5, 5.41) is 23.1. The Morgan fingerprint density at radius 2 is 1.95 bits per heavy atom. The molecule has 1 heterocycles. The van der Waals surface area contributed by atoms with Crippen molar-refractivity contribution in [3.05, 3.63) is 52.9 Å². The van der Waals surface area contributed by atoms with E-state index >= 15 is 0 Å². The zero-order valence-electron chi connectivity index (χ0n) is 20.8. The van der Waals surface area contributed by atoms with Gasteiger partial charge in [-0.25, -0.2) is 4.39 Å². The van der Waals surface area contributed by atoms with Crippen molar-refractivity contribution in [2.75, 3.05) is 25.5 Å². The van der Waals surface area contributed by atoms with Crippen LogP contribution in [-0.4, -0.2) is 47.0 Å². The maximum atomic E-state index is 14.2. The number of carbonyl (C=O) groups is 1. The van der Waals surface area contributed by atoms with Crippen molar-refractivity contribution >= 4 is 34.0 Å². The van der Waals surface area contributed by atoms with Gasteiger partial charge in [-0.3, -0.25) is 14.7 Å². The van der Waals surface area contributed by atoms with Crippen LogP contribution >= 0.6 is 11.6 Å². The SMILES string of the molecule is CN(CC#N)C[C@H]1CC[C@H](Nc2c(C(=O)C3CC3)cnc3ccc(-c4cc(F)c(O)c(Cl)c4)cc23)CC1. The molecule has 0 radical (unpaired) electrons. The summed E-state index contributed by atoms with van der Waals surface area (Å²) < 4.78 is 14.2. The van der Waals surface area contributed by atoms with Crippen molar-refractivity contribution in [3.63, 3.8) is 0 Å². The molecule has 0 aliphatic heterocycles. The predicted molar refractivity (Wildman–Crippen MR) is 143 cm³/mol. The lowest BCUT2D eigenvalue weighted by Crippen LogP contribution is -2.32. The van der Waals surface area contributed by atoms with E-state index < -0.39 is 11.6 Å². The van der Waals surface area contributed by atoms with Crippen LogP contribution in [0.5, 0.6) is 5.75 Å². The molecule has 2 saturated carbocycles. The van der Waals surface area contributed by atoms with Crippen LogP contribution < -0.4 is 5.32 Å². The fourth-order valence-electron chi connectivity index (χ4n) is 5.33. The molecular weight excluding hydrogens is 491 g/mol. The number of Topliss-reactive ketones (excluding diaryl/α,β-unsaturated/α-hetero) is 1. The molecule has 0 bridgehead atoms. The Morgan fingerprint density at radius 3 is 2.62 bits per heavy atom. The number of nitrogens with zero attached hydrogens (tertiary/aromatic N) is 3. The van der Waals surface area contributed by atoms with Crippen molar-refractivity contribution in [1.29, 1.82) is 5.26 Å². The number of hydrogen-bond acceptors (Lipinski definition) is 6. The predicted octanol–water partition coefficient (Wildman–Crippen LogP) is 6.42.